The molecule has 0 bridgehead atoms. The Balaban J connectivity index is 3.39. The Kier molecular flexibility index (Phi) is 3.35. The first-order chi connectivity index (χ1) is 3.66. The van der Waals surface area contributed by atoms with Crippen LogP contribution in [0.1, 0.15) is 13.8 Å². The summed E-state index contributed by atoms with van der Waals surface area (Å²) in [5.74, 6) is 0. The van der Waals surface area contributed by atoms with Crippen molar-refractivity contribution in [2.75, 3.05) is 0 Å². The van der Waals surface area contributed by atoms with Crippen LogP contribution >= 0.6 is 12.2 Å². The molecule has 0 amide bonds. The normalized spacial score (nSPS) is 8.88. The molecule has 0 atom stereocenters. The first kappa shape index (κ1) is 7.56. The molecule has 0 radical (unpaired) electrons. The molecule has 0 aliphatic rings. The van der Waals surface area contributed by atoms with Crippen LogP contribution in [-0.2, 0) is 0 Å². The summed E-state index contributed by atoms with van der Waals surface area (Å²) in [5, 5.41) is 3.37. The zero-order valence-corrected chi connectivity index (χ0v) is 5.96. The molecule has 1 N–H and O–H groups in total. The largest absolute Gasteiger partial charge is 0.359 e. The highest BCUT2D eigenvalue weighted by molar-refractivity contribution is 7.80. The topological polar surface area (TPSA) is 24.4 Å². The summed E-state index contributed by atoms with van der Waals surface area (Å²) in [6.07, 6.45) is 0. The van der Waals surface area contributed by atoms with Crippen LogP contribution in [0.3, 0.4) is 0 Å². The lowest BCUT2D eigenvalue weighted by molar-refractivity contribution is 0.736. The van der Waals surface area contributed by atoms with Crippen LogP contribution in [0.15, 0.2) is 4.99 Å². The van der Waals surface area contributed by atoms with Crippen LogP contribution in [0, 0.1) is 0 Å². The summed E-state index contributed by atoms with van der Waals surface area (Å²) in [6.45, 7) is 7.25. The molecular weight excluding hydrogens is 120 g/mol. The zero-order valence-electron chi connectivity index (χ0n) is 5.14. The predicted octanol–water partition coefficient (Wildman–Crippen LogP) is 0.970. The highest BCUT2D eigenvalue weighted by Gasteiger charge is 1.91. The van der Waals surface area contributed by atoms with E-state index in [9.17, 15) is 0 Å². The van der Waals surface area contributed by atoms with Gasteiger partial charge in [-0.25, -0.2) is 4.99 Å². The third-order valence-corrected chi connectivity index (χ3v) is 0.803. The minimum Gasteiger partial charge on any atom is -0.359 e. The second-order valence-corrected chi connectivity index (χ2v) is 2.15. The van der Waals surface area contributed by atoms with Gasteiger partial charge in [0.05, 0.1) is 0 Å². The third kappa shape index (κ3) is 3.74. The predicted molar refractivity (Wildman–Crippen MR) is 40.4 cm³/mol. The summed E-state index contributed by atoms with van der Waals surface area (Å²) < 4.78 is 0. The average molecular weight is 130 g/mol. The van der Waals surface area contributed by atoms with E-state index in [4.69, 9.17) is 12.2 Å². The van der Waals surface area contributed by atoms with Crippen molar-refractivity contribution >= 4 is 24.0 Å². The Morgan fingerprint density at radius 2 is 2.25 bits per heavy atom. The van der Waals surface area contributed by atoms with E-state index in [0.717, 1.165) is 0 Å². The van der Waals surface area contributed by atoms with Gasteiger partial charge in [0.25, 0.3) is 0 Å². The summed E-state index contributed by atoms with van der Waals surface area (Å²) in [4.78, 5) is 3.50. The van der Waals surface area contributed by atoms with Crippen molar-refractivity contribution in [1.29, 1.82) is 0 Å². The molecule has 0 heterocycles. The Morgan fingerprint density at radius 1 is 1.75 bits per heavy atom. The molecule has 0 aromatic carbocycles. The summed E-state index contributed by atoms with van der Waals surface area (Å²) in [5.41, 5.74) is 0. The zero-order chi connectivity index (χ0) is 6.57. The Morgan fingerprint density at radius 3 is 2.38 bits per heavy atom. The maximum absolute atomic E-state index is 4.69. The van der Waals surface area contributed by atoms with Crippen LogP contribution < -0.4 is 5.32 Å². The van der Waals surface area contributed by atoms with Gasteiger partial charge in [-0.3, -0.25) is 0 Å². The van der Waals surface area contributed by atoms with E-state index in [1.807, 2.05) is 13.8 Å². The number of hydrogen-bond acceptors (Lipinski definition) is 1. The van der Waals surface area contributed by atoms with Crippen LogP contribution in [0.4, 0.5) is 0 Å². The summed E-state index contributed by atoms with van der Waals surface area (Å²) >= 11 is 4.69. The fourth-order valence-electron chi connectivity index (χ4n) is 0.293. The van der Waals surface area contributed by atoms with Crippen molar-refractivity contribution in [1.82, 2.24) is 5.32 Å². The molecule has 46 valence electrons. The van der Waals surface area contributed by atoms with Gasteiger partial charge >= 0.3 is 0 Å². The van der Waals surface area contributed by atoms with E-state index in [1.165, 1.54) is 0 Å². The second-order valence-electron chi connectivity index (χ2n) is 1.76. The van der Waals surface area contributed by atoms with E-state index in [1.54, 1.807) is 0 Å². The Bertz CT molecular complexity index is 98.6. The highest BCUT2D eigenvalue weighted by atomic mass is 32.1. The Labute approximate surface area is 55.0 Å². The molecule has 3 heteroatoms. The molecule has 8 heavy (non-hydrogen) atoms. The van der Waals surface area contributed by atoms with Gasteiger partial charge in [-0.2, -0.15) is 0 Å². The van der Waals surface area contributed by atoms with Crippen molar-refractivity contribution in [2.24, 2.45) is 4.99 Å². The molecule has 0 unspecified atom stereocenters. The molecule has 0 aromatic rings. The molecule has 0 spiro atoms. The maximum atomic E-state index is 4.69. The van der Waals surface area contributed by atoms with Gasteiger partial charge in [0.2, 0.25) is 0 Å². The number of thiocarbonyl (C=S) groups is 1. The lowest BCUT2D eigenvalue weighted by atomic mass is 10.4. The molecular formula is C5H10N2S. The molecule has 0 fully saturated rings. The molecule has 0 saturated carbocycles. The molecule has 0 saturated heterocycles. The maximum Gasteiger partial charge on any atom is 0.192 e. The van der Waals surface area contributed by atoms with Crippen molar-refractivity contribution in [2.45, 2.75) is 19.9 Å². The number of nitrogens with one attached hydrogen (secondary N) is 1. The monoisotopic (exact) mass is 130 g/mol. The molecule has 0 aromatic heterocycles. The van der Waals surface area contributed by atoms with Crippen molar-refractivity contribution in [3.63, 3.8) is 0 Å². The second kappa shape index (κ2) is 3.55. The smallest absolute Gasteiger partial charge is 0.192 e. The van der Waals surface area contributed by atoms with Gasteiger partial charge in [0.15, 0.2) is 5.11 Å². The first-order valence-electron chi connectivity index (χ1n) is 2.44. The fourth-order valence-corrected chi connectivity index (χ4v) is 0.528. The minimum absolute atomic E-state index is 0.355. The van der Waals surface area contributed by atoms with Gasteiger partial charge < -0.3 is 5.32 Å². The van der Waals surface area contributed by atoms with E-state index >= 15 is 0 Å². The highest BCUT2D eigenvalue weighted by Crippen LogP contribution is 1.78. The van der Waals surface area contributed by atoms with Gasteiger partial charge in [0, 0.05) is 6.04 Å². The summed E-state index contributed by atoms with van der Waals surface area (Å²) in [7, 11) is 0. The van der Waals surface area contributed by atoms with Gasteiger partial charge in [-0.05, 0) is 32.8 Å². The lowest BCUT2D eigenvalue weighted by Gasteiger charge is -2.04. The first-order valence-corrected chi connectivity index (χ1v) is 2.85. The van der Waals surface area contributed by atoms with Crippen LogP contribution in [0.5, 0.6) is 0 Å². The van der Waals surface area contributed by atoms with E-state index < -0.39 is 0 Å². The van der Waals surface area contributed by atoms with Crippen LogP contribution in [0.2, 0.25) is 0 Å². The number of nitrogens with zero attached hydrogens (tertiary/aromatic N) is 1. The van der Waals surface area contributed by atoms with E-state index in [0.29, 0.717) is 11.2 Å². The van der Waals surface area contributed by atoms with Gasteiger partial charge in [-0.1, -0.05) is 0 Å². The van der Waals surface area contributed by atoms with Crippen molar-refractivity contribution < 1.29 is 0 Å². The number of hydrogen-bond donors (Lipinski definition) is 1. The quantitative estimate of drug-likeness (QED) is 0.422. The standard InChI is InChI=1S/C5H10N2S/c1-4(2)7-5(8)6-3/h4H,3H2,1-2H3,(H,7,8). The van der Waals surface area contributed by atoms with E-state index in [2.05, 4.69) is 17.0 Å². The third-order valence-electron chi connectivity index (χ3n) is 0.556. The van der Waals surface area contributed by atoms with Crippen LogP contribution in [-0.4, -0.2) is 17.9 Å². The fraction of sp³-hybridized carbons (Fsp3) is 0.600. The lowest BCUT2D eigenvalue weighted by Crippen LogP contribution is -2.26. The van der Waals surface area contributed by atoms with Gasteiger partial charge in [-0.15, -0.1) is 0 Å². The van der Waals surface area contributed by atoms with Crippen LogP contribution in [0.25, 0.3) is 0 Å². The number of rotatable bonds is 1. The van der Waals surface area contributed by atoms with Crippen molar-refractivity contribution in [3.05, 3.63) is 0 Å². The summed E-state index contributed by atoms with van der Waals surface area (Å²) in [6, 6.07) is 0.355. The molecule has 0 aliphatic carbocycles. The Hall–Kier alpha value is -0.440. The van der Waals surface area contributed by atoms with E-state index in [-0.39, 0.29) is 0 Å². The molecule has 0 rings (SSSR count). The minimum atomic E-state index is 0.355. The molecule has 2 nitrogen and oxygen atoms in total. The van der Waals surface area contributed by atoms with Crippen molar-refractivity contribution in [3.8, 4) is 0 Å². The average Bonchev–Trinajstić information content (AvgIpc) is 1.65. The molecule has 0 aliphatic heterocycles. The van der Waals surface area contributed by atoms with Gasteiger partial charge in [0.1, 0.15) is 0 Å². The SMILES string of the molecule is C=NC(=S)NC(C)C. The number of aliphatic imine (C=N–C) groups is 1.